The van der Waals surface area contributed by atoms with Crippen LogP contribution in [0.15, 0.2) is 30.3 Å². The van der Waals surface area contributed by atoms with Gasteiger partial charge in [-0.3, -0.25) is 33.7 Å². The van der Waals surface area contributed by atoms with Gasteiger partial charge in [-0.25, -0.2) is 5.06 Å². The standard InChI is InChI=1S/C58H99N5O11/c1-12-43(7)46(36-42(6)37-50(65)53(40(2)3)60-56(67)54(41(4)5)61(9)28-31-72-33-35-73-34-32-71-30-25-59)51(69-10)38-52(66)62-26-19-22-48(62)55(70-11)44(8)49(64)23-18-24-58(57(68)63-27-16-17-29-74-63)39-47(58)45-20-14-13-15-21-45/h13-15,20-21,40-44,46-48,51,53-55H,12,16-19,22-39,59H2,1-11H3,(H,60,67). The van der Waals surface area contributed by atoms with E-state index in [2.05, 4.69) is 38.2 Å². The van der Waals surface area contributed by atoms with Gasteiger partial charge in [0.2, 0.25) is 11.8 Å². The van der Waals surface area contributed by atoms with Crippen LogP contribution in [0.3, 0.4) is 0 Å². The zero-order valence-electron chi connectivity index (χ0n) is 47.5. The summed E-state index contributed by atoms with van der Waals surface area (Å²) < 4.78 is 28.9. The molecule has 4 rings (SSSR count). The van der Waals surface area contributed by atoms with Crippen LogP contribution in [0.25, 0.3) is 0 Å². The fourth-order valence-corrected chi connectivity index (χ4v) is 11.8. The third-order valence-electron chi connectivity index (χ3n) is 16.3. The van der Waals surface area contributed by atoms with Crippen LogP contribution < -0.4 is 11.1 Å². The molecular formula is C58H99N5O11. The molecule has 74 heavy (non-hydrogen) atoms. The highest BCUT2D eigenvalue weighted by Gasteiger charge is 2.61. The Labute approximate surface area is 445 Å². The van der Waals surface area contributed by atoms with Crippen LogP contribution >= 0.6 is 0 Å². The maximum absolute atomic E-state index is 14.5. The number of carbonyl (C=O) groups is 5. The van der Waals surface area contributed by atoms with Crippen molar-refractivity contribution in [2.24, 2.45) is 46.7 Å². The number of ketones is 2. The SMILES string of the molecule is CCC(C)C(CC(C)CC(=O)C(NC(=O)C(C(C)C)N(C)CCOCCOCCOCCN)C(C)C)C(CC(=O)N1CCCC1C(OC)C(C)C(=O)CCCC1(C(=O)N2CCCCO2)CC1c1ccccc1)OC. The Balaban J connectivity index is 1.32. The first kappa shape index (κ1) is 63.2. The van der Waals surface area contributed by atoms with E-state index in [-0.39, 0.29) is 89.8 Å². The van der Waals surface area contributed by atoms with Crippen LogP contribution in [0.4, 0.5) is 0 Å². The highest BCUT2D eigenvalue weighted by Crippen LogP contribution is 2.63. The molecule has 2 aliphatic heterocycles. The first-order valence-electron chi connectivity index (χ1n) is 28.3. The second-order valence-electron chi connectivity index (χ2n) is 22.4. The van der Waals surface area contributed by atoms with Gasteiger partial charge < -0.3 is 39.6 Å². The highest BCUT2D eigenvalue weighted by atomic mass is 16.7. The number of nitrogens with one attached hydrogen (secondary N) is 1. The Morgan fingerprint density at radius 1 is 0.838 bits per heavy atom. The molecule has 1 aromatic rings. The maximum atomic E-state index is 14.5. The van der Waals surface area contributed by atoms with E-state index in [0.717, 1.165) is 44.1 Å². The van der Waals surface area contributed by atoms with Crippen molar-refractivity contribution in [1.82, 2.24) is 20.2 Å². The molecule has 16 heteroatoms. The van der Waals surface area contributed by atoms with Crippen LogP contribution in [-0.4, -0.2) is 168 Å². The third-order valence-corrected chi connectivity index (χ3v) is 16.3. The van der Waals surface area contributed by atoms with Crippen LogP contribution in [0.2, 0.25) is 0 Å². The topological polar surface area (TPSA) is 188 Å². The van der Waals surface area contributed by atoms with Crippen LogP contribution in [0, 0.1) is 40.9 Å². The first-order chi connectivity index (χ1) is 35.5. The van der Waals surface area contributed by atoms with Crippen LogP contribution in [-0.2, 0) is 52.5 Å². The molecule has 422 valence electrons. The van der Waals surface area contributed by atoms with E-state index in [1.165, 1.54) is 0 Å². The Morgan fingerprint density at radius 2 is 1.51 bits per heavy atom. The molecule has 1 aliphatic carbocycles. The number of amides is 3. The monoisotopic (exact) mass is 1040 g/mol. The van der Waals surface area contributed by atoms with Gasteiger partial charge in [-0.1, -0.05) is 92.1 Å². The lowest BCUT2D eigenvalue weighted by Crippen LogP contribution is -2.54. The number of nitrogens with two attached hydrogens (primary N) is 1. The quantitative estimate of drug-likeness (QED) is 0.0635. The van der Waals surface area contributed by atoms with Crippen LogP contribution in [0.5, 0.6) is 0 Å². The van der Waals surface area contributed by atoms with Crippen molar-refractivity contribution in [3.05, 3.63) is 35.9 Å². The van der Waals surface area contributed by atoms with Gasteiger partial charge >= 0.3 is 0 Å². The Morgan fingerprint density at radius 3 is 2.11 bits per heavy atom. The molecule has 11 unspecified atom stereocenters. The summed E-state index contributed by atoms with van der Waals surface area (Å²) in [5.41, 5.74) is 6.01. The summed E-state index contributed by atoms with van der Waals surface area (Å²) in [6.45, 7) is 21.8. The van der Waals surface area contributed by atoms with Crippen molar-refractivity contribution in [1.29, 1.82) is 0 Å². The minimum absolute atomic E-state index is 0.00340. The predicted octanol–water partition coefficient (Wildman–Crippen LogP) is 7.25. The van der Waals surface area contributed by atoms with E-state index in [9.17, 15) is 24.0 Å². The third kappa shape index (κ3) is 18.4. The Hall–Kier alpha value is -3.35. The Kier molecular flexibility index (Phi) is 27.7. The molecule has 3 N–H and O–H groups in total. The molecule has 2 heterocycles. The minimum Gasteiger partial charge on any atom is -0.381 e. The zero-order valence-corrected chi connectivity index (χ0v) is 47.5. The summed E-state index contributed by atoms with van der Waals surface area (Å²) >= 11 is 0. The van der Waals surface area contributed by atoms with Gasteiger partial charge in [0.05, 0.1) is 88.4 Å². The molecule has 2 saturated heterocycles. The number of benzene rings is 1. The molecule has 1 saturated carbocycles. The van der Waals surface area contributed by atoms with E-state index in [4.69, 9.17) is 34.3 Å². The summed E-state index contributed by atoms with van der Waals surface area (Å²) in [7, 11) is 5.21. The summed E-state index contributed by atoms with van der Waals surface area (Å²) in [4.78, 5) is 80.3. The summed E-state index contributed by atoms with van der Waals surface area (Å²) in [5, 5.41) is 4.71. The number of rotatable bonds is 37. The van der Waals surface area contributed by atoms with Crippen molar-refractivity contribution in [3.8, 4) is 0 Å². The number of ether oxygens (including phenoxy) is 5. The number of carbonyl (C=O) groups excluding carboxylic acids is 5. The second-order valence-corrected chi connectivity index (χ2v) is 22.4. The minimum atomic E-state index is -0.649. The lowest BCUT2D eigenvalue weighted by atomic mass is 9.77. The average Bonchev–Trinajstić information content (AvgIpc) is 3.92. The van der Waals surface area contributed by atoms with Gasteiger partial charge in [-0.15, -0.1) is 0 Å². The van der Waals surface area contributed by atoms with Crippen molar-refractivity contribution in [2.45, 2.75) is 169 Å². The predicted molar refractivity (Wildman–Crippen MR) is 288 cm³/mol. The number of likely N-dealkylation sites (N-methyl/N-ethyl adjacent to an activating group) is 1. The number of methoxy groups -OCH3 is 2. The molecule has 16 nitrogen and oxygen atoms in total. The summed E-state index contributed by atoms with van der Waals surface area (Å²) in [6, 6.07) is 8.83. The first-order valence-corrected chi connectivity index (χ1v) is 28.3. The zero-order chi connectivity index (χ0) is 54.4. The van der Waals surface area contributed by atoms with Crippen molar-refractivity contribution in [2.75, 3.05) is 93.7 Å². The lowest BCUT2D eigenvalue weighted by Gasteiger charge is -2.37. The lowest BCUT2D eigenvalue weighted by molar-refractivity contribution is -0.203. The Bertz CT molecular complexity index is 1830. The molecular weight excluding hydrogens is 943 g/mol. The number of hydrogen-bond donors (Lipinski definition) is 2. The van der Waals surface area contributed by atoms with Crippen molar-refractivity contribution in [3.63, 3.8) is 0 Å². The fourth-order valence-electron chi connectivity index (χ4n) is 11.8. The van der Waals surface area contributed by atoms with Gasteiger partial charge in [-0.2, -0.15) is 0 Å². The molecule has 3 aliphatic rings. The van der Waals surface area contributed by atoms with Gasteiger partial charge in [0.25, 0.3) is 5.91 Å². The van der Waals surface area contributed by atoms with E-state index in [1.54, 1.807) is 19.3 Å². The summed E-state index contributed by atoms with van der Waals surface area (Å²) in [5.74, 6) is -0.386. The van der Waals surface area contributed by atoms with E-state index < -0.39 is 29.5 Å². The van der Waals surface area contributed by atoms with Crippen LogP contribution in [0.1, 0.15) is 144 Å². The normalized spacial score (nSPS) is 22.3. The molecule has 0 spiro atoms. The van der Waals surface area contributed by atoms with Gasteiger partial charge in [-0.05, 0) is 99.5 Å². The molecule has 0 bridgehead atoms. The number of hydroxylamine groups is 2. The van der Waals surface area contributed by atoms with E-state index in [0.29, 0.717) is 98.1 Å². The number of hydrogen-bond acceptors (Lipinski definition) is 13. The molecule has 3 fully saturated rings. The second kappa shape index (κ2) is 32.4. The van der Waals surface area contributed by atoms with Crippen molar-refractivity contribution < 1.29 is 52.5 Å². The number of likely N-dealkylation sites (tertiary alicyclic amines) is 1. The fraction of sp³-hybridized carbons (Fsp3) is 0.810. The average molecular weight is 1040 g/mol. The van der Waals surface area contributed by atoms with E-state index >= 15 is 0 Å². The smallest absolute Gasteiger partial charge is 0.252 e. The molecule has 0 radical (unpaired) electrons. The molecule has 1 aromatic carbocycles. The van der Waals surface area contributed by atoms with Crippen molar-refractivity contribution >= 4 is 29.3 Å². The highest BCUT2D eigenvalue weighted by molar-refractivity contribution is 5.91. The maximum Gasteiger partial charge on any atom is 0.252 e. The van der Waals surface area contributed by atoms with Gasteiger partial charge in [0, 0.05) is 59.2 Å². The molecule has 3 amide bonds. The summed E-state index contributed by atoms with van der Waals surface area (Å²) in [6.07, 6.45) is 6.82. The molecule has 11 atom stereocenters. The van der Waals surface area contributed by atoms with Gasteiger partial charge in [0.15, 0.2) is 5.78 Å². The van der Waals surface area contributed by atoms with Gasteiger partial charge in [0.1, 0.15) is 5.78 Å². The van der Waals surface area contributed by atoms with E-state index in [1.807, 2.05) is 69.7 Å². The number of nitrogens with zero attached hydrogens (tertiary/aromatic N) is 3. The molecule has 0 aromatic heterocycles. The largest absolute Gasteiger partial charge is 0.381 e. The number of Topliss-reactive ketones (excluding diaryl/α,β-unsaturated/α-hetero) is 2.